The molecule has 0 aromatic heterocycles. The maximum absolute atomic E-state index is 11.7. The second kappa shape index (κ2) is 5.29. The minimum absolute atomic E-state index is 0.0399. The summed E-state index contributed by atoms with van der Waals surface area (Å²) >= 11 is 0. The number of hydrogen-bond acceptors (Lipinski definition) is 4. The first-order chi connectivity index (χ1) is 6.61. The summed E-state index contributed by atoms with van der Waals surface area (Å²) in [6.45, 7) is 4.46. The highest BCUT2D eigenvalue weighted by atomic mass is 16.3. The van der Waals surface area contributed by atoms with Gasteiger partial charge in [0.1, 0.15) is 0 Å². The predicted octanol–water partition coefficient (Wildman–Crippen LogP) is -1.61. The van der Waals surface area contributed by atoms with E-state index in [1.54, 1.807) is 18.9 Å². The lowest BCUT2D eigenvalue weighted by atomic mass is 10.2. The molecule has 2 atom stereocenters. The SMILES string of the molecule is CC(O)CN(C)C(=O)C1CNCCN1. The van der Waals surface area contributed by atoms with E-state index >= 15 is 0 Å². The highest BCUT2D eigenvalue weighted by Crippen LogP contribution is 1.96. The molecule has 1 amide bonds. The molecule has 0 bridgehead atoms. The molecule has 0 radical (unpaired) electrons. The van der Waals surface area contributed by atoms with Gasteiger partial charge in [-0.05, 0) is 6.92 Å². The zero-order valence-electron chi connectivity index (χ0n) is 8.79. The van der Waals surface area contributed by atoms with E-state index in [0.717, 1.165) is 13.1 Å². The quantitative estimate of drug-likeness (QED) is 0.514. The number of nitrogens with one attached hydrogen (secondary N) is 2. The zero-order valence-corrected chi connectivity index (χ0v) is 8.79. The van der Waals surface area contributed by atoms with Crippen molar-refractivity contribution in [2.75, 3.05) is 33.2 Å². The molecule has 0 spiro atoms. The Kier molecular flexibility index (Phi) is 4.31. The van der Waals surface area contributed by atoms with Crippen LogP contribution in [0, 0.1) is 0 Å². The molecule has 1 aliphatic rings. The third-order valence-electron chi connectivity index (χ3n) is 2.25. The molecule has 1 heterocycles. The van der Waals surface area contributed by atoms with Crippen LogP contribution in [0.2, 0.25) is 0 Å². The van der Waals surface area contributed by atoms with Gasteiger partial charge in [0, 0.05) is 33.2 Å². The second-order valence-electron chi connectivity index (χ2n) is 3.78. The third kappa shape index (κ3) is 3.25. The van der Waals surface area contributed by atoms with Crippen molar-refractivity contribution in [2.24, 2.45) is 0 Å². The van der Waals surface area contributed by atoms with Crippen LogP contribution in [0.3, 0.4) is 0 Å². The summed E-state index contributed by atoms with van der Waals surface area (Å²) in [5, 5.41) is 15.4. The first-order valence-corrected chi connectivity index (χ1v) is 4.98. The fourth-order valence-electron chi connectivity index (χ4n) is 1.58. The molecule has 5 heteroatoms. The number of piperazine rings is 1. The number of carbonyl (C=O) groups excluding carboxylic acids is 1. The van der Waals surface area contributed by atoms with Gasteiger partial charge in [-0.1, -0.05) is 0 Å². The Morgan fingerprint density at radius 3 is 2.86 bits per heavy atom. The van der Waals surface area contributed by atoms with Crippen molar-refractivity contribution < 1.29 is 9.90 Å². The topological polar surface area (TPSA) is 64.6 Å². The molecular formula is C9H19N3O2. The lowest BCUT2D eigenvalue weighted by molar-refractivity contribution is -0.133. The molecule has 0 aliphatic carbocycles. The maximum atomic E-state index is 11.7. The van der Waals surface area contributed by atoms with Crippen LogP contribution in [0.25, 0.3) is 0 Å². The molecule has 1 rings (SSSR count). The third-order valence-corrected chi connectivity index (χ3v) is 2.25. The van der Waals surface area contributed by atoms with Crippen LogP contribution in [-0.4, -0.2) is 61.3 Å². The van der Waals surface area contributed by atoms with Crippen LogP contribution in [0.4, 0.5) is 0 Å². The van der Waals surface area contributed by atoms with E-state index in [2.05, 4.69) is 10.6 Å². The van der Waals surface area contributed by atoms with Crippen molar-refractivity contribution >= 4 is 5.91 Å². The van der Waals surface area contributed by atoms with Gasteiger partial charge in [-0.3, -0.25) is 4.79 Å². The number of amides is 1. The van der Waals surface area contributed by atoms with Crippen LogP contribution < -0.4 is 10.6 Å². The summed E-state index contributed by atoms with van der Waals surface area (Å²) in [7, 11) is 1.71. The maximum Gasteiger partial charge on any atom is 0.240 e. The van der Waals surface area contributed by atoms with Gasteiger partial charge in [0.05, 0.1) is 12.1 Å². The van der Waals surface area contributed by atoms with E-state index in [1.165, 1.54) is 0 Å². The Bertz CT molecular complexity index is 190. The van der Waals surface area contributed by atoms with Gasteiger partial charge in [0.25, 0.3) is 0 Å². The Labute approximate surface area is 84.5 Å². The first-order valence-electron chi connectivity index (χ1n) is 4.98. The molecule has 2 unspecified atom stereocenters. The lowest BCUT2D eigenvalue weighted by Gasteiger charge is -2.28. The summed E-state index contributed by atoms with van der Waals surface area (Å²) < 4.78 is 0. The van der Waals surface area contributed by atoms with Gasteiger partial charge in [-0.15, -0.1) is 0 Å². The van der Waals surface area contributed by atoms with E-state index < -0.39 is 6.10 Å². The Morgan fingerprint density at radius 1 is 1.64 bits per heavy atom. The highest BCUT2D eigenvalue weighted by Gasteiger charge is 2.23. The van der Waals surface area contributed by atoms with Crippen LogP contribution >= 0.6 is 0 Å². The van der Waals surface area contributed by atoms with Crippen molar-refractivity contribution in [3.05, 3.63) is 0 Å². The van der Waals surface area contributed by atoms with Gasteiger partial charge in [0.2, 0.25) is 5.91 Å². The summed E-state index contributed by atoms with van der Waals surface area (Å²) in [6, 6.07) is -0.146. The minimum Gasteiger partial charge on any atom is -0.392 e. The van der Waals surface area contributed by atoms with E-state index in [1.807, 2.05) is 0 Å². The zero-order chi connectivity index (χ0) is 10.6. The standard InChI is InChI=1S/C9H19N3O2/c1-7(13)6-12(2)9(14)8-5-10-3-4-11-8/h7-8,10-11,13H,3-6H2,1-2H3. The average molecular weight is 201 g/mol. The Hall–Kier alpha value is -0.650. The van der Waals surface area contributed by atoms with Crippen LogP contribution in [-0.2, 0) is 4.79 Å². The number of aliphatic hydroxyl groups is 1. The molecule has 1 saturated heterocycles. The predicted molar refractivity (Wildman–Crippen MR) is 54.0 cm³/mol. The number of rotatable bonds is 3. The molecular weight excluding hydrogens is 182 g/mol. The summed E-state index contributed by atoms with van der Waals surface area (Å²) in [5.74, 6) is 0.0399. The lowest BCUT2D eigenvalue weighted by Crippen LogP contribution is -2.56. The molecule has 1 aliphatic heterocycles. The minimum atomic E-state index is -0.472. The van der Waals surface area contributed by atoms with Gasteiger partial charge in [-0.25, -0.2) is 0 Å². The smallest absolute Gasteiger partial charge is 0.240 e. The Balaban J connectivity index is 2.38. The molecule has 1 fully saturated rings. The summed E-state index contributed by atoms with van der Waals surface area (Å²) in [6.07, 6.45) is -0.472. The summed E-state index contributed by atoms with van der Waals surface area (Å²) in [4.78, 5) is 13.3. The van der Waals surface area contributed by atoms with E-state index in [-0.39, 0.29) is 11.9 Å². The van der Waals surface area contributed by atoms with E-state index in [0.29, 0.717) is 13.1 Å². The molecule has 5 nitrogen and oxygen atoms in total. The normalized spacial score (nSPS) is 24.4. The van der Waals surface area contributed by atoms with Crippen molar-refractivity contribution in [1.29, 1.82) is 0 Å². The number of aliphatic hydroxyl groups excluding tert-OH is 1. The number of likely N-dealkylation sites (N-methyl/N-ethyl adjacent to an activating group) is 1. The van der Waals surface area contributed by atoms with E-state index in [9.17, 15) is 4.79 Å². The monoisotopic (exact) mass is 201 g/mol. The second-order valence-corrected chi connectivity index (χ2v) is 3.78. The van der Waals surface area contributed by atoms with Crippen LogP contribution in [0.15, 0.2) is 0 Å². The van der Waals surface area contributed by atoms with Crippen molar-refractivity contribution in [1.82, 2.24) is 15.5 Å². The molecule has 82 valence electrons. The largest absolute Gasteiger partial charge is 0.392 e. The Morgan fingerprint density at radius 2 is 2.36 bits per heavy atom. The average Bonchev–Trinajstić information content (AvgIpc) is 2.17. The van der Waals surface area contributed by atoms with Crippen molar-refractivity contribution in [3.8, 4) is 0 Å². The molecule has 0 aromatic carbocycles. The fourth-order valence-corrected chi connectivity index (χ4v) is 1.58. The first kappa shape index (κ1) is 11.4. The van der Waals surface area contributed by atoms with Gasteiger partial charge in [-0.2, -0.15) is 0 Å². The van der Waals surface area contributed by atoms with Crippen molar-refractivity contribution in [2.45, 2.75) is 19.1 Å². The molecule has 0 aromatic rings. The molecule has 14 heavy (non-hydrogen) atoms. The molecule has 0 saturated carbocycles. The van der Waals surface area contributed by atoms with Crippen LogP contribution in [0.1, 0.15) is 6.92 Å². The fraction of sp³-hybridized carbons (Fsp3) is 0.889. The van der Waals surface area contributed by atoms with Gasteiger partial charge in [0.15, 0.2) is 0 Å². The van der Waals surface area contributed by atoms with Gasteiger partial charge < -0.3 is 20.6 Å². The van der Waals surface area contributed by atoms with Gasteiger partial charge >= 0.3 is 0 Å². The number of hydrogen-bond donors (Lipinski definition) is 3. The summed E-state index contributed by atoms with van der Waals surface area (Å²) in [5.41, 5.74) is 0. The number of carbonyl (C=O) groups is 1. The number of nitrogens with zero attached hydrogens (tertiary/aromatic N) is 1. The van der Waals surface area contributed by atoms with E-state index in [4.69, 9.17) is 5.11 Å². The van der Waals surface area contributed by atoms with Crippen LogP contribution in [0.5, 0.6) is 0 Å². The highest BCUT2D eigenvalue weighted by molar-refractivity contribution is 5.82. The molecule has 3 N–H and O–H groups in total. The van der Waals surface area contributed by atoms with Crippen molar-refractivity contribution in [3.63, 3.8) is 0 Å².